The number of aromatic nitrogens is 1. The van der Waals surface area contributed by atoms with Crippen LogP contribution < -0.4 is 15.0 Å². The number of amides is 2. The van der Waals surface area contributed by atoms with Crippen LogP contribution >= 0.6 is 11.6 Å². The fraction of sp³-hybridized carbons (Fsp3) is 0.136. The maximum atomic E-state index is 13.1. The van der Waals surface area contributed by atoms with Crippen LogP contribution in [0.4, 0.5) is 5.82 Å². The number of pyridine rings is 1. The van der Waals surface area contributed by atoms with Crippen LogP contribution in [0.15, 0.2) is 72.9 Å². The standard InChI is InChI=1S/C22H18ClN3O3/c23-17-9-4-6-15(12-17)13-25-19(27)14-26-21-18(10-5-11-24-21)29-20(22(26)28)16-7-2-1-3-8-16/h1-12,20H,13-14H2,(H,25,27). The van der Waals surface area contributed by atoms with Gasteiger partial charge in [-0.05, 0) is 29.8 Å². The molecule has 29 heavy (non-hydrogen) atoms. The smallest absolute Gasteiger partial charge is 0.274 e. The molecule has 0 saturated carbocycles. The van der Waals surface area contributed by atoms with Crippen molar-refractivity contribution in [1.29, 1.82) is 0 Å². The van der Waals surface area contributed by atoms with Crippen molar-refractivity contribution in [3.63, 3.8) is 0 Å². The van der Waals surface area contributed by atoms with E-state index in [1.807, 2.05) is 42.5 Å². The Balaban J connectivity index is 1.53. The first-order valence-electron chi connectivity index (χ1n) is 9.11. The monoisotopic (exact) mass is 407 g/mol. The molecule has 0 aliphatic carbocycles. The molecule has 7 heteroatoms. The van der Waals surface area contributed by atoms with Gasteiger partial charge in [-0.25, -0.2) is 4.98 Å². The zero-order chi connectivity index (χ0) is 20.2. The fourth-order valence-electron chi connectivity index (χ4n) is 3.14. The predicted molar refractivity (Wildman–Crippen MR) is 110 cm³/mol. The number of hydrogen-bond acceptors (Lipinski definition) is 4. The third-order valence-electron chi connectivity index (χ3n) is 4.52. The molecule has 2 heterocycles. The van der Waals surface area contributed by atoms with Crippen molar-refractivity contribution in [2.45, 2.75) is 12.6 Å². The van der Waals surface area contributed by atoms with Gasteiger partial charge in [0.15, 0.2) is 11.6 Å². The van der Waals surface area contributed by atoms with Crippen molar-refractivity contribution in [2.24, 2.45) is 0 Å². The molecule has 2 aromatic carbocycles. The fourth-order valence-corrected chi connectivity index (χ4v) is 3.35. The lowest BCUT2D eigenvalue weighted by Crippen LogP contribution is -2.46. The number of ether oxygens (including phenoxy) is 1. The van der Waals surface area contributed by atoms with E-state index in [2.05, 4.69) is 10.3 Å². The lowest BCUT2D eigenvalue weighted by atomic mass is 10.1. The van der Waals surface area contributed by atoms with Crippen LogP contribution in [0, 0.1) is 0 Å². The molecule has 2 amide bonds. The summed E-state index contributed by atoms with van der Waals surface area (Å²) in [6, 6.07) is 19.9. The minimum atomic E-state index is -0.825. The van der Waals surface area contributed by atoms with E-state index in [0.717, 1.165) is 11.1 Å². The summed E-state index contributed by atoms with van der Waals surface area (Å²) in [7, 11) is 0. The number of carbonyl (C=O) groups excluding carboxylic acids is 2. The SMILES string of the molecule is O=C(CN1C(=O)C(c2ccccc2)Oc2cccnc21)NCc1cccc(Cl)c1. The van der Waals surface area contributed by atoms with E-state index in [0.29, 0.717) is 23.1 Å². The van der Waals surface area contributed by atoms with E-state index in [1.165, 1.54) is 4.90 Å². The lowest BCUT2D eigenvalue weighted by Gasteiger charge is -2.33. The van der Waals surface area contributed by atoms with Crippen molar-refractivity contribution in [3.05, 3.63) is 89.1 Å². The number of anilines is 1. The summed E-state index contributed by atoms with van der Waals surface area (Å²) in [6.45, 7) is 0.158. The Morgan fingerprint density at radius 3 is 2.72 bits per heavy atom. The summed E-state index contributed by atoms with van der Waals surface area (Å²) in [5.74, 6) is 0.162. The molecule has 3 aromatic rings. The summed E-state index contributed by atoms with van der Waals surface area (Å²) in [5.41, 5.74) is 1.59. The third-order valence-corrected chi connectivity index (χ3v) is 4.76. The summed E-state index contributed by atoms with van der Waals surface area (Å²) >= 11 is 5.98. The van der Waals surface area contributed by atoms with Crippen LogP contribution in [0.3, 0.4) is 0 Å². The Labute approximate surface area is 173 Å². The van der Waals surface area contributed by atoms with Crippen LogP contribution in [-0.4, -0.2) is 23.3 Å². The van der Waals surface area contributed by atoms with Gasteiger partial charge in [-0.2, -0.15) is 0 Å². The van der Waals surface area contributed by atoms with Gasteiger partial charge in [-0.15, -0.1) is 0 Å². The third kappa shape index (κ3) is 4.22. The van der Waals surface area contributed by atoms with Gasteiger partial charge >= 0.3 is 0 Å². The van der Waals surface area contributed by atoms with Crippen LogP contribution in [0.1, 0.15) is 17.2 Å². The molecule has 0 radical (unpaired) electrons. The molecule has 1 aliphatic rings. The number of rotatable bonds is 5. The van der Waals surface area contributed by atoms with Crippen molar-refractivity contribution in [1.82, 2.24) is 10.3 Å². The van der Waals surface area contributed by atoms with Crippen LogP contribution in [0.2, 0.25) is 5.02 Å². The normalized spacial score (nSPS) is 15.4. The van der Waals surface area contributed by atoms with E-state index >= 15 is 0 Å². The molecule has 1 aliphatic heterocycles. The highest BCUT2D eigenvalue weighted by atomic mass is 35.5. The van der Waals surface area contributed by atoms with Gasteiger partial charge in [-0.1, -0.05) is 54.1 Å². The summed E-state index contributed by atoms with van der Waals surface area (Å²) in [5, 5.41) is 3.42. The predicted octanol–water partition coefficient (Wildman–Crippen LogP) is 3.52. The number of nitrogens with one attached hydrogen (secondary N) is 1. The Hall–Kier alpha value is -3.38. The van der Waals surface area contributed by atoms with Crippen molar-refractivity contribution >= 4 is 29.2 Å². The number of hydrogen-bond donors (Lipinski definition) is 1. The van der Waals surface area contributed by atoms with E-state index in [1.54, 1.807) is 30.5 Å². The molecule has 1 unspecified atom stereocenters. The minimum absolute atomic E-state index is 0.157. The van der Waals surface area contributed by atoms with Gasteiger partial charge in [-0.3, -0.25) is 14.5 Å². The highest BCUT2D eigenvalue weighted by Gasteiger charge is 2.37. The first-order valence-corrected chi connectivity index (χ1v) is 9.49. The van der Waals surface area contributed by atoms with E-state index in [9.17, 15) is 9.59 Å². The van der Waals surface area contributed by atoms with E-state index in [4.69, 9.17) is 16.3 Å². The first-order chi connectivity index (χ1) is 14.1. The number of carbonyl (C=O) groups is 2. The molecule has 0 spiro atoms. The Morgan fingerprint density at radius 2 is 1.93 bits per heavy atom. The summed E-state index contributed by atoms with van der Waals surface area (Å²) in [4.78, 5) is 31.3. The molecule has 146 valence electrons. The Bertz CT molecular complexity index is 1040. The van der Waals surface area contributed by atoms with Gasteiger partial charge in [0.1, 0.15) is 6.54 Å². The zero-order valence-corrected chi connectivity index (χ0v) is 16.2. The second-order valence-corrected chi connectivity index (χ2v) is 7.00. The van der Waals surface area contributed by atoms with Gasteiger partial charge in [0.05, 0.1) is 0 Å². The van der Waals surface area contributed by atoms with E-state index in [-0.39, 0.29) is 18.4 Å². The molecule has 6 nitrogen and oxygen atoms in total. The lowest BCUT2D eigenvalue weighted by molar-refractivity contribution is -0.129. The molecule has 1 N–H and O–H groups in total. The van der Waals surface area contributed by atoms with Crippen molar-refractivity contribution < 1.29 is 14.3 Å². The second kappa shape index (κ2) is 8.32. The van der Waals surface area contributed by atoms with Crippen LogP contribution in [-0.2, 0) is 16.1 Å². The van der Waals surface area contributed by atoms with Crippen molar-refractivity contribution in [2.75, 3.05) is 11.4 Å². The topological polar surface area (TPSA) is 71.5 Å². The average Bonchev–Trinajstić information content (AvgIpc) is 2.75. The Kier molecular flexibility index (Phi) is 5.44. The van der Waals surface area contributed by atoms with Crippen LogP contribution in [0.5, 0.6) is 5.75 Å². The highest BCUT2D eigenvalue weighted by molar-refractivity contribution is 6.30. The average molecular weight is 408 g/mol. The maximum absolute atomic E-state index is 13.1. The largest absolute Gasteiger partial charge is 0.472 e. The molecule has 0 saturated heterocycles. The number of halogens is 1. The summed E-state index contributed by atoms with van der Waals surface area (Å²) < 4.78 is 5.88. The molecule has 1 aromatic heterocycles. The molecule has 0 fully saturated rings. The number of nitrogens with zero attached hydrogens (tertiary/aromatic N) is 2. The second-order valence-electron chi connectivity index (χ2n) is 6.56. The molecule has 1 atom stereocenters. The Morgan fingerprint density at radius 1 is 1.10 bits per heavy atom. The molecular weight excluding hydrogens is 390 g/mol. The highest BCUT2D eigenvalue weighted by Crippen LogP contribution is 2.36. The molecule has 4 rings (SSSR count). The van der Waals surface area contributed by atoms with Crippen LogP contribution in [0.25, 0.3) is 0 Å². The maximum Gasteiger partial charge on any atom is 0.274 e. The first kappa shape index (κ1) is 19.0. The van der Waals surface area contributed by atoms with Gasteiger partial charge in [0.2, 0.25) is 12.0 Å². The van der Waals surface area contributed by atoms with Gasteiger partial charge in [0.25, 0.3) is 5.91 Å². The number of benzene rings is 2. The zero-order valence-electron chi connectivity index (χ0n) is 15.4. The minimum Gasteiger partial charge on any atom is -0.472 e. The molecular formula is C22H18ClN3O3. The van der Waals surface area contributed by atoms with Gasteiger partial charge in [0, 0.05) is 23.3 Å². The summed E-state index contributed by atoms with van der Waals surface area (Å²) in [6.07, 6.45) is 0.739. The number of fused-ring (bicyclic) bond motifs is 1. The van der Waals surface area contributed by atoms with Crippen molar-refractivity contribution in [3.8, 4) is 5.75 Å². The van der Waals surface area contributed by atoms with Gasteiger partial charge < -0.3 is 10.1 Å². The quantitative estimate of drug-likeness (QED) is 0.702. The van der Waals surface area contributed by atoms with E-state index < -0.39 is 6.10 Å². The molecule has 0 bridgehead atoms.